The molecular weight excluding hydrogens is 254 g/mol. The Bertz CT molecular complexity index is 417. The van der Waals surface area contributed by atoms with Crippen LogP contribution in [0.3, 0.4) is 0 Å². The number of nitrogens with one attached hydrogen (secondary N) is 1. The van der Waals surface area contributed by atoms with Crippen molar-refractivity contribution >= 4 is 11.9 Å². The van der Waals surface area contributed by atoms with E-state index in [-0.39, 0.29) is 11.9 Å². The summed E-state index contributed by atoms with van der Waals surface area (Å²) in [6, 6.07) is 8.32. The first-order chi connectivity index (χ1) is 9.69. The van der Waals surface area contributed by atoms with Crippen molar-refractivity contribution in [3.63, 3.8) is 0 Å². The van der Waals surface area contributed by atoms with Crippen molar-refractivity contribution in [2.24, 2.45) is 0 Å². The van der Waals surface area contributed by atoms with Crippen LogP contribution in [-0.4, -0.2) is 25.0 Å². The number of benzene rings is 1. The fourth-order valence-corrected chi connectivity index (χ4v) is 2.00. The van der Waals surface area contributed by atoms with Gasteiger partial charge in [-0.25, -0.2) is 4.79 Å². The van der Waals surface area contributed by atoms with Crippen LogP contribution < -0.4 is 5.32 Å². The Hall–Kier alpha value is -1.84. The molecule has 0 spiro atoms. The van der Waals surface area contributed by atoms with E-state index in [1.54, 1.807) is 24.3 Å². The molecule has 20 heavy (non-hydrogen) atoms. The van der Waals surface area contributed by atoms with Crippen LogP contribution in [0.25, 0.3) is 0 Å². The van der Waals surface area contributed by atoms with E-state index in [1.165, 1.54) is 7.11 Å². The summed E-state index contributed by atoms with van der Waals surface area (Å²) in [7, 11) is 1.34. The van der Waals surface area contributed by atoms with Gasteiger partial charge in [0.2, 0.25) is 0 Å². The molecule has 0 aliphatic heterocycles. The maximum atomic E-state index is 12.0. The lowest BCUT2D eigenvalue weighted by molar-refractivity contribution is -0.143. The van der Waals surface area contributed by atoms with Gasteiger partial charge in [-0.1, -0.05) is 50.8 Å². The van der Waals surface area contributed by atoms with E-state index in [0.29, 0.717) is 12.0 Å². The number of amides is 1. The molecular formula is C16H23NO3. The molecule has 0 heterocycles. The maximum Gasteiger partial charge on any atom is 0.328 e. The van der Waals surface area contributed by atoms with E-state index in [2.05, 4.69) is 12.2 Å². The van der Waals surface area contributed by atoms with Gasteiger partial charge in [0.15, 0.2) is 0 Å². The van der Waals surface area contributed by atoms with Gasteiger partial charge >= 0.3 is 5.97 Å². The van der Waals surface area contributed by atoms with Crippen molar-refractivity contribution < 1.29 is 14.3 Å². The zero-order chi connectivity index (χ0) is 14.8. The minimum atomic E-state index is -0.565. The summed E-state index contributed by atoms with van der Waals surface area (Å²) in [5.41, 5.74) is 0.551. The highest BCUT2D eigenvalue weighted by Gasteiger charge is 2.21. The van der Waals surface area contributed by atoms with Crippen LogP contribution >= 0.6 is 0 Å². The molecule has 1 rings (SSSR count). The van der Waals surface area contributed by atoms with Gasteiger partial charge in [0.05, 0.1) is 7.11 Å². The van der Waals surface area contributed by atoms with Gasteiger partial charge in [-0.15, -0.1) is 0 Å². The Morgan fingerprint density at radius 3 is 2.45 bits per heavy atom. The quantitative estimate of drug-likeness (QED) is 0.587. The van der Waals surface area contributed by atoms with E-state index in [9.17, 15) is 9.59 Å². The van der Waals surface area contributed by atoms with Crippen molar-refractivity contribution in [2.75, 3.05) is 7.11 Å². The molecule has 1 aromatic carbocycles. The second-order valence-corrected chi connectivity index (χ2v) is 4.76. The largest absolute Gasteiger partial charge is 0.467 e. The summed E-state index contributed by atoms with van der Waals surface area (Å²) in [5, 5.41) is 2.75. The van der Waals surface area contributed by atoms with Gasteiger partial charge in [0.1, 0.15) is 6.04 Å². The molecule has 1 aromatic rings. The van der Waals surface area contributed by atoms with Crippen LogP contribution in [0.15, 0.2) is 30.3 Å². The summed E-state index contributed by atoms with van der Waals surface area (Å²) < 4.78 is 4.75. The lowest BCUT2D eigenvalue weighted by Gasteiger charge is -2.16. The molecule has 1 atom stereocenters. The monoisotopic (exact) mass is 277 g/mol. The molecule has 1 amide bonds. The fraction of sp³-hybridized carbons (Fsp3) is 0.500. The molecule has 1 unspecified atom stereocenters. The lowest BCUT2D eigenvalue weighted by atomic mass is 10.1. The number of esters is 1. The molecule has 4 nitrogen and oxygen atoms in total. The summed E-state index contributed by atoms with van der Waals surface area (Å²) in [6.07, 6.45) is 4.86. The molecule has 0 saturated heterocycles. The highest BCUT2D eigenvalue weighted by Crippen LogP contribution is 2.08. The molecule has 0 aliphatic rings. The summed E-state index contributed by atoms with van der Waals surface area (Å²) in [4.78, 5) is 23.8. The Balaban J connectivity index is 2.56. The Morgan fingerprint density at radius 1 is 1.15 bits per heavy atom. The molecule has 0 radical (unpaired) electrons. The first kappa shape index (κ1) is 16.2. The van der Waals surface area contributed by atoms with Crippen LogP contribution in [0, 0.1) is 0 Å². The standard InChI is InChI=1S/C16H23NO3/c1-3-4-5-9-12-14(16(19)20-2)17-15(18)13-10-7-6-8-11-13/h6-8,10-11,14H,3-5,9,12H2,1-2H3,(H,17,18). The van der Waals surface area contributed by atoms with E-state index in [4.69, 9.17) is 4.74 Å². The molecule has 0 saturated carbocycles. The molecule has 0 fully saturated rings. The van der Waals surface area contributed by atoms with E-state index >= 15 is 0 Å². The Kier molecular flexibility index (Phi) is 7.40. The van der Waals surface area contributed by atoms with Gasteiger partial charge in [-0.05, 0) is 18.6 Å². The van der Waals surface area contributed by atoms with Gasteiger partial charge in [-0.3, -0.25) is 4.79 Å². The third kappa shape index (κ3) is 5.43. The summed E-state index contributed by atoms with van der Waals surface area (Å²) in [5.74, 6) is -0.623. The molecule has 0 aliphatic carbocycles. The van der Waals surface area contributed by atoms with Gasteiger partial charge in [0, 0.05) is 5.56 Å². The lowest BCUT2D eigenvalue weighted by Crippen LogP contribution is -2.41. The highest BCUT2D eigenvalue weighted by molar-refractivity contribution is 5.96. The fourth-order valence-electron chi connectivity index (χ4n) is 2.00. The molecule has 4 heteroatoms. The number of hydrogen-bond donors (Lipinski definition) is 1. The number of hydrogen-bond acceptors (Lipinski definition) is 3. The SMILES string of the molecule is CCCCCCC(NC(=O)c1ccccc1)C(=O)OC. The van der Waals surface area contributed by atoms with Crippen LogP contribution in [0.1, 0.15) is 49.4 Å². The number of carbonyl (C=O) groups excluding carboxylic acids is 2. The average Bonchev–Trinajstić information content (AvgIpc) is 2.50. The van der Waals surface area contributed by atoms with Crippen LogP contribution in [-0.2, 0) is 9.53 Å². The second-order valence-electron chi connectivity index (χ2n) is 4.76. The zero-order valence-corrected chi connectivity index (χ0v) is 12.2. The van der Waals surface area contributed by atoms with Crippen molar-refractivity contribution in [1.29, 1.82) is 0 Å². The van der Waals surface area contributed by atoms with Gasteiger partial charge in [0.25, 0.3) is 5.91 Å². The van der Waals surface area contributed by atoms with Crippen LogP contribution in [0.2, 0.25) is 0 Å². The Labute approximate surface area is 120 Å². The van der Waals surface area contributed by atoms with Crippen LogP contribution in [0.5, 0.6) is 0 Å². The number of methoxy groups -OCH3 is 1. The normalized spacial score (nSPS) is 11.7. The van der Waals surface area contributed by atoms with Gasteiger partial charge < -0.3 is 10.1 Å². The van der Waals surface area contributed by atoms with Crippen molar-refractivity contribution in [3.8, 4) is 0 Å². The topological polar surface area (TPSA) is 55.4 Å². The smallest absolute Gasteiger partial charge is 0.328 e. The van der Waals surface area contributed by atoms with Crippen molar-refractivity contribution in [3.05, 3.63) is 35.9 Å². The highest BCUT2D eigenvalue weighted by atomic mass is 16.5. The minimum Gasteiger partial charge on any atom is -0.467 e. The molecule has 0 bridgehead atoms. The summed E-state index contributed by atoms with van der Waals surface area (Å²) >= 11 is 0. The third-order valence-corrected chi connectivity index (χ3v) is 3.17. The summed E-state index contributed by atoms with van der Waals surface area (Å²) in [6.45, 7) is 2.13. The third-order valence-electron chi connectivity index (χ3n) is 3.17. The molecule has 110 valence electrons. The number of carbonyl (C=O) groups is 2. The zero-order valence-electron chi connectivity index (χ0n) is 12.2. The van der Waals surface area contributed by atoms with Crippen LogP contribution in [0.4, 0.5) is 0 Å². The van der Waals surface area contributed by atoms with E-state index in [0.717, 1.165) is 25.7 Å². The molecule has 1 N–H and O–H groups in total. The second kappa shape index (κ2) is 9.13. The van der Waals surface area contributed by atoms with E-state index in [1.807, 2.05) is 6.07 Å². The maximum absolute atomic E-state index is 12.0. The number of unbranched alkanes of at least 4 members (excludes halogenated alkanes) is 3. The minimum absolute atomic E-state index is 0.239. The average molecular weight is 277 g/mol. The van der Waals surface area contributed by atoms with Crippen molar-refractivity contribution in [2.45, 2.75) is 45.1 Å². The first-order valence-electron chi connectivity index (χ1n) is 7.12. The predicted molar refractivity (Wildman–Crippen MR) is 78.5 cm³/mol. The first-order valence-corrected chi connectivity index (χ1v) is 7.12. The number of ether oxygens (including phenoxy) is 1. The van der Waals surface area contributed by atoms with Gasteiger partial charge in [-0.2, -0.15) is 0 Å². The predicted octanol–water partition coefficient (Wildman–Crippen LogP) is 2.93. The van der Waals surface area contributed by atoms with E-state index < -0.39 is 6.04 Å². The number of rotatable bonds is 8. The van der Waals surface area contributed by atoms with Crippen molar-refractivity contribution in [1.82, 2.24) is 5.32 Å². The molecule has 0 aromatic heterocycles. The Morgan fingerprint density at radius 2 is 1.85 bits per heavy atom.